The Bertz CT molecular complexity index is 1200. The Labute approximate surface area is 343 Å². The lowest BCUT2D eigenvalue weighted by molar-refractivity contribution is -0.144. The number of hydrogen-bond acceptors (Lipinski definition) is 7. The molecule has 0 aliphatic heterocycles. The summed E-state index contributed by atoms with van der Waals surface area (Å²) in [5, 5.41) is 18.6. The van der Waals surface area contributed by atoms with Gasteiger partial charge in [-0.2, -0.15) is 0 Å². The molecular weight excluding hydrogens is 699 g/mol. The zero-order chi connectivity index (χ0) is 40.7. The van der Waals surface area contributed by atoms with Gasteiger partial charge in [0.25, 0.3) is 0 Å². The van der Waals surface area contributed by atoms with Gasteiger partial charge in [0.15, 0.2) is 0 Å². The third-order valence-corrected chi connectivity index (χ3v) is 10.3. The van der Waals surface area contributed by atoms with Gasteiger partial charge in [-0.3, -0.25) is 9.59 Å². The Balaban J connectivity index is 0.00000110. The van der Waals surface area contributed by atoms with Crippen LogP contribution in [0.4, 0.5) is 0 Å². The van der Waals surface area contributed by atoms with E-state index in [9.17, 15) is 14.7 Å². The van der Waals surface area contributed by atoms with E-state index in [-0.39, 0.29) is 18.5 Å². The number of nitrogens with zero attached hydrogens (tertiary/aromatic N) is 1. The lowest BCUT2D eigenvalue weighted by Gasteiger charge is -2.21. The van der Waals surface area contributed by atoms with Crippen molar-refractivity contribution in [2.24, 2.45) is 0 Å². The van der Waals surface area contributed by atoms with Gasteiger partial charge < -0.3 is 24.6 Å². The van der Waals surface area contributed by atoms with Crippen LogP contribution in [-0.4, -0.2) is 59.9 Å². The highest BCUT2D eigenvalue weighted by Crippen LogP contribution is 2.18. The van der Waals surface area contributed by atoms with Crippen LogP contribution in [0.25, 0.3) is 0 Å². The van der Waals surface area contributed by atoms with Gasteiger partial charge in [-0.1, -0.05) is 148 Å². The molecule has 2 aromatic carbocycles. The first-order chi connectivity index (χ1) is 27.4. The number of ether oxygens (including phenoxy) is 2. The van der Waals surface area contributed by atoms with Gasteiger partial charge in [-0.05, 0) is 106 Å². The van der Waals surface area contributed by atoms with E-state index >= 15 is 0 Å². The van der Waals surface area contributed by atoms with Crippen molar-refractivity contribution >= 4 is 11.9 Å². The summed E-state index contributed by atoms with van der Waals surface area (Å²) in [6.07, 6.45) is 29.9. The molecule has 0 aliphatic carbocycles. The summed E-state index contributed by atoms with van der Waals surface area (Å²) in [5.74, 6) is 0.874. The number of benzene rings is 2. The number of hydrogen-bond donors (Lipinski definition) is 2. The third-order valence-electron chi connectivity index (χ3n) is 10.3. The van der Waals surface area contributed by atoms with Crippen LogP contribution >= 0.6 is 0 Å². The second-order valence-electron chi connectivity index (χ2n) is 15.6. The molecule has 0 amide bonds. The highest BCUT2D eigenvalue weighted by atomic mass is 16.5. The number of rotatable bonds is 35. The van der Waals surface area contributed by atoms with Crippen molar-refractivity contribution in [2.45, 2.75) is 194 Å². The molecule has 56 heavy (non-hydrogen) atoms. The van der Waals surface area contributed by atoms with Crippen LogP contribution in [-0.2, 0) is 27.2 Å². The average molecular weight is 782 g/mol. The summed E-state index contributed by atoms with van der Waals surface area (Å²) in [6, 6.07) is 15.5. The fraction of sp³-hybridized carbons (Fsp3) is 0.714. The highest BCUT2D eigenvalue weighted by Gasteiger charge is 2.08. The fourth-order valence-electron chi connectivity index (χ4n) is 6.88. The molecule has 2 N–H and O–H groups in total. The number of carbonyl (C=O) groups is 2. The van der Waals surface area contributed by atoms with Crippen molar-refractivity contribution in [3.8, 4) is 11.5 Å². The van der Waals surface area contributed by atoms with E-state index in [2.05, 4.69) is 37.8 Å². The second kappa shape index (κ2) is 37.7. The molecule has 0 fully saturated rings. The van der Waals surface area contributed by atoms with Gasteiger partial charge in [0.1, 0.15) is 11.5 Å². The summed E-state index contributed by atoms with van der Waals surface area (Å²) in [7, 11) is 0. The van der Waals surface area contributed by atoms with Crippen LogP contribution in [0, 0.1) is 0 Å². The lowest BCUT2D eigenvalue weighted by Crippen LogP contribution is -2.29. The minimum absolute atomic E-state index is 0.0381. The molecule has 7 heteroatoms. The first kappa shape index (κ1) is 51.1. The number of esters is 2. The van der Waals surface area contributed by atoms with E-state index in [4.69, 9.17) is 14.6 Å². The monoisotopic (exact) mass is 782 g/mol. The molecule has 320 valence electrons. The Kier molecular flexibility index (Phi) is 34.4. The number of phenols is 1. The summed E-state index contributed by atoms with van der Waals surface area (Å²) in [6.45, 7) is 10.2. The summed E-state index contributed by atoms with van der Waals surface area (Å²) >= 11 is 0. The minimum atomic E-state index is -0.136. The number of phenolic OH excluding ortho intramolecular Hbond substituents is 1. The number of aryl methyl sites for hydroxylation is 2. The molecule has 2 rings (SSSR count). The van der Waals surface area contributed by atoms with Gasteiger partial charge in [0.2, 0.25) is 0 Å². The largest absolute Gasteiger partial charge is 0.508 e. The van der Waals surface area contributed by atoms with Crippen molar-refractivity contribution in [2.75, 3.05) is 32.8 Å². The van der Waals surface area contributed by atoms with Crippen molar-refractivity contribution in [3.05, 3.63) is 59.7 Å². The zero-order valence-corrected chi connectivity index (χ0v) is 36.2. The molecular formula is C49H83NO6. The maximum absolute atomic E-state index is 12.3. The quantitative estimate of drug-likeness (QED) is 0.0408. The first-order valence-electron chi connectivity index (χ1n) is 23.0. The number of carbonyl (C=O) groups excluding carboxylic acids is 2. The predicted octanol–water partition coefficient (Wildman–Crippen LogP) is 12.7. The van der Waals surface area contributed by atoms with Gasteiger partial charge in [0.05, 0.1) is 13.2 Å². The van der Waals surface area contributed by atoms with Crippen LogP contribution in [0.1, 0.15) is 192 Å². The molecule has 0 spiro atoms. The molecule has 0 aliphatic rings. The normalized spacial score (nSPS) is 11.0. The Morgan fingerprint density at radius 1 is 0.536 bits per heavy atom. The standard InChI is InChI=1S/C38H67NO5.C11H16O/c1-3-5-7-8-9-16-22-33-43-37(41)27-18-12-10-14-20-29-39(31-32-40)30-21-15-11-13-19-28-38(42)44-36-26-23-25-35(34-36)24-17-6-4-2;1-2-3-4-6-10-7-5-8-11(12)9-10/h23,25-26,34,40H,3-22,24,27-33H2,1-2H3;5,7-9,12H,2-4,6H2,1H3. The summed E-state index contributed by atoms with van der Waals surface area (Å²) in [5.41, 5.74) is 2.48. The van der Waals surface area contributed by atoms with Crippen LogP contribution < -0.4 is 4.74 Å². The van der Waals surface area contributed by atoms with E-state index in [1.54, 1.807) is 6.07 Å². The van der Waals surface area contributed by atoms with Gasteiger partial charge in [-0.15, -0.1) is 0 Å². The van der Waals surface area contributed by atoms with Crippen molar-refractivity contribution in [1.29, 1.82) is 0 Å². The maximum Gasteiger partial charge on any atom is 0.311 e. The SMILES string of the molecule is CCCCCCCCCOC(=O)CCCCCCCN(CCO)CCCCCCCC(=O)Oc1cccc(CCCCC)c1.CCCCCc1cccc(O)c1. The first-order valence-corrected chi connectivity index (χ1v) is 23.0. The van der Waals surface area contributed by atoms with Crippen molar-refractivity contribution in [1.82, 2.24) is 4.90 Å². The fourth-order valence-corrected chi connectivity index (χ4v) is 6.88. The molecule has 0 aromatic heterocycles. The van der Waals surface area contributed by atoms with Crippen LogP contribution in [0.15, 0.2) is 48.5 Å². The Morgan fingerprint density at radius 2 is 1.02 bits per heavy atom. The third kappa shape index (κ3) is 31.2. The van der Waals surface area contributed by atoms with Gasteiger partial charge in [-0.25, -0.2) is 0 Å². The molecule has 0 saturated heterocycles. The predicted molar refractivity (Wildman–Crippen MR) is 235 cm³/mol. The summed E-state index contributed by atoms with van der Waals surface area (Å²) < 4.78 is 11.0. The molecule has 0 radical (unpaired) electrons. The van der Waals surface area contributed by atoms with E-state index < -0.39 is 0 Å². The topological polar surface area (TPSA) is 96.3 Å². The van der Waals surface area contributed by atoms with Crippen LogP contribution in [0.5, 0.6) is 11.5 Å². The van der Waals surface area contributed by atoms with Crippen LogP contribution in [0.3, 0.4) is 0 Å². The zero-order valence-electron chi connectivity index (χ0n) is 36.2. The molecule has 0 bridgehead atoms. The second-order valence-corrected chi connectivity index (χ2v) is 15.6. The Hall–Kier alpha value is -2.90. The lowest BCUT2D eigenvalue weighted by atomic mass is 10.1. The van der Waals surface area contributed by atoms with Gasteiger partial charge >= 0.3 is 11.9 Å². The van der Waals surface area contributed by atoms with Crippen molar-refractivity contribution in [3.63, 3.8) is 0 Å². The minimum Gasteiger partial charge on any atom is -0.508 e. The number of aliphatic hydroxyl groups is 1. The van der Waals surface area contributed by atoms with Crippen molar-refractivity contribution < 1.29 is 29.3 Å². The van der Waals surface area contributed by atoms with E-state index in [1.807, 2.05) is 30.3 Å². The molecule has 2 aromatic rings. The maximum atomic E-state index is 12.3. The molecule has 7 nitrogen and oxygen atoms in total. The molecule has 0 unspecified atom stereocenters. The smallest absolute Gasteiger partial charge is 0.311 e. The molecule has 0 heterocycles. The molecule has 0 atom stereocenters. The number of aromatic hydroxyl groups is 1. The van der Waals surface area contributed by atoms with Crippen LogP contribution in [0.2, 0.25) is 0 Å². The average Bonchev–Trinajstić information content (AvgIpc) is 3.18. The number of unbranched alkanes of at least 4 members (excludes halogenated alkanes) is 18. The van der Waals surface area contributed by atoms with E-state index in [0.29, 0.717) is 30.9 Å². The molecule has 0 saturated carbocycles. The highest BCUT2D eigenvalue weighted by molar-refractivity contribution is 5.72. The van der Waals surface area contributed by atoms with E-state index in [1.165, 1.54) is 81.8 Å². The summed E-state index contributed by atoms with van der Waals surface area (Å²) in [4.78, 5) is 26.6. The number of aliphatic hydroxyl groups excluding tert-OH is 1. The Morgan fingerprint density at radius 3 is 1.59 bits per heavy atom. The van der Waals surface area contributed by atoms with E-state index in [0.717, 1.165) is 110 Å². The van der Waals surface area contributed by atoms with Gasteiger partial charge in [0, 0.05) is 19.4 Å².